The quantitative estimate of drug-likeness (QED) is 0.648. The van der Waals surface area contributed by atoms with Gasteiger partial charge in [0.2, 0.25) is 11.1 Å². The van der Waals surface area contributed by atoms with Gasteiger partial charge in [-0.15, -0.1) is 10.2 Å². The highest BCUT2D eigenvalue weighted by Crippen LogP contribution is 2.26. The summed E-state index contributed by atoms with van der Waals surface area (Å²) in [7, 11) is 0. The lowest BCUT2D eigenvalue weighted by Crippen LogP contribution is -2.14. The molecule has 0 radical (unpaired) electrons. The van der Waals surface area contributed by atoms with Crippen molar-refractivity contribution in [3.05, 3.63) is 29.8 Å². The van der Waals surface area contributed by atoms with Gasteiger partial charge in [0.1, 0.15) is 0 Å². The molecule has 0 aliphatic rings. The molecule has 0 saturated heterocycles. The van der Waals surface area contributed by atoms with Gasteiger partial charge in [0.15, 0.2) is 5.82 Å². The molecular formula is C15H21N5OS. The molecule has 0 unspecified atom stereocenters. The Bertz CT molecular complexity index is 658. The summed E-state index contributed by atoms with van der Waals surface area (Å²) in [5.74, 6) is 6.83. The molecular weight excluding hydrogens is 298 g/mol. The number of carbonyl (C=O) groups is 1. The molecule has 0 spiro atoms. The van der Waals surface area contributed by atoms with Crippen LogP contribution in [0.2, 0.25) is 0 Å². The van der Waals surface area contributed by atoms with E-state index in [1.165, 1.54) is 22.0 Å². The molecule has 118 valence electrons. The Morgan fingerprint density at radius 1 is 1.23 bits per heavy atom. The predicted molar refractivity (Wildman–Crippen MR) is 88.8 cm³/mol. The topological polar surface area (TPSA) is 99.8 Å². The van der Waals surface area contributed by atoms with Gasteiger partial charge in [-0.2, -0.15) is 0 Å². The lowest BCUT2D eigenvalue weighted by Gasteiger charge is -2.19. The van der Waals surface area contributed by atoms with Crippen molar-refractivity contribution in [2.75, 3.05) is 11.6 Å². The third-order valence-corrected chi connectivity index (χ3v) is 4.20. The maximum Gasteiger partial charge on any atom is 0.218 e. The number of nitrogens with two attached hydrogens (primary N) is 2. The number of hydrogen-bond acceptors (Lipinski definition) is 5. The number of benzene rings is 1. The van der Waals surface area contributed by atoms with E-state index in [-0.39, 0.29) is 17.7 Å². The molecule has 0 bridgehead atoms. The first kappa shape index (κ1) is 16.4. The number of aromatic nitrogens is 3. The third-order valence-electron chi connectivity index (χ3n) is 3.25. The monoisotopic (exact) mass is 319 g/mol. The molecule has 2 rings (SSSR count). The average Bonchev–Trinajstić information content (AvgIpc) is 2.79. The lowest BCUT2D eigenvalue weighted by atomic mass is 9.87. The summed E-state index contributed by atoms with van der Waals surface area (Å²) in [4.78, 5) is 10.7. The van der Waals surface area contributed by atoms with E-state index in [4.69, 9.17) is 11.6 Å². The number of nitrogen functional groups attached to an aromatic ring is 1. The Labute approximate surface area is 134 Å². The van der Waals surface area contributed by atoms with Crippen LogP contribution < -0.4 is 11.6 Å². The van der Waals surface area contributed by atoms with Gasteiger partial charge in [-0.1, -0.05) is 56.8 Å². The molecule has 22 heavy (non-hydrogen) atoms. The van der Waals surface area contributed by atoms with Crippen LogP contribution in [0, 0.1) is 0 Å². The normalized spacial score (nSPS) is 11.6. The molecule has 0 fully saturated rings. The van der Waals surface area contributed by atoms with Crippen molar-refractivity contribution in [2.45, 2.75) is 37.8 Å². The number of primary amides is 1. The molecule has 6 nitrogen and oxygen atoms in total. The highest BCUT2D eigenvalue weighted by molar-refractivity contribution is 7.99. The molecule has 0 atom stereocenters. The van der Waals surface area contributed by atoms with Gasteiger partial charge in [-0.05, 0) is 11.0 Å². The van der Waals surface area contributed by atoms with E-state index < -0.39 is 0 Å². The van der Waals surface area contributed by atoms with Crippen LogP contribution in [-0.2, 0) is 10.2 Å². The largest absolute Gasteiger partial charge is 0.370 e. The molecule has 0 aliphatic heterocycles. The van der Waals surface area contributed by atoms with Crippen molar-refractivity contribution in [2.24, 2.45) is 5.73 Å². The molecule has 1 amide bonds. The summed E-state index contributed by atoms with van der Waals surface area (Å²) in [6.07, 6.45) is 0.285. The van der Waals surface area contributed by atoms with Crippen molar-refractivity contribution in [3.8, 4) is 11.4 Å². The second kappa shape index (κ2) is 6.39. The first-order chi connectivity index (χ1) is 10.3. The minimum Gasteiger partial charge on any atom is -0.370 e. The summed E-state index contributed by atoms with van der Waals surface area (Å²) in [6, 6.07) is 8.13. The Hall–Kier alpha value is -2.02. The minimum atomic E-state index is -0.339. The number of carbonyl (C=O) groups excluding carboxylic acids is 1. The number of hydrogen-bond donors (Lipinski definition) is 2. The highest BCUT2D eigenvalue weighted by atomic mass is 32.2. The second-order valence-corrected chi connectivity index (χ2v) is 7.13. The van der Waals surface area contributed by atoms with Crippen molar-refractivity contribution >= 4 is 17.7 Å². The third kappa shape index (κ3) is 3.79. The second-order valence-electron chi connectivity index (χ2n) is 6.07. The van der Waals surface area contributed by atoms with Gasteiger partial charge in [0.25, 0.3) is 0 Å². The average molecular weight is 319 g/mol. The van der Waals surface area contributed by atoms with Gasteiger partial charge >= 0.3 is 0 Å². The fraction of sp³-hybridized carbons (Fsp3) is 0.400. The van der Waals surface area contributed by atoms with E-state index in [0.29, 0.717) is 16.7 Å². The van der Waals surface area contributed by atoms with Gasteiger partial charge in [-0.25, -0.2) is 4.68 Å². The zero-order valence-electron chi connectivity index (χ0n) is 13.0. The van der Waals surface area contributed by atoms with Crippen LogP contribution in [0.25, 0.3) is 11.4 Å². The van der Waals surface area contributed by atoms with Crippen LogP contribution in [0.3, 0.4) is 0 Å². The van der Waals surface area contributed by atoms with Crippen LogP contribution in [0.15, 0.2) is 29.4 Å². The fourth-order valence-corrected chi connectivity index (χ4v) is 2.74. The van der Waals surface area contributed by atoms with E-state index >= 15 is 0 Å². The molecule has 4 N–H and O–H groups in total. The first-order valence-corrected chi connectivity index (χ1v) is 8.00. The Morgan fingerprint density at radius 3 is 2.41 bits per heavy atom. The highest BCUT2D eigenvalue weighted by Gasteiger charge is 2.16. The van der Waals surface area contributed by atoms with Gasteiger partial charge in [0, 0.05) is 17.7 Å². The van der Waals surface area contributed by atoms with Gasteiger partial charge in [0.05, 0.1) is 0 Å². The number of nitrogens with zero attached hydrogens (tertiary/aromatic N) is 3. The summed E-state index contributed by atoms with van der Waals surface area (Å²) < 4.78 is 1.44. The van der Waals surface area contributed by atoms with Crippen molar-refractivity contribution in [1.29, 1.82) is 0 Å². The lowest BCUT2D eigenvalue weighted by molar-refractivity contribution is -0.117. The summed E-state index contributed by atoms with van der Waals surface area (Å²) in [5, 5.41) is 8.75. The van der Waals surface area contributed by atoms with Crippen LogP contribution in [0.5, 0.6) is 0 Å². The van der Waals surface area contributed by atoms with Crippen molar-refractivity contribution in [1.82, 2.24) is 14.9 Å². The first-order valence-electron chi connectivity index (χ1n) is 7.01. The van der Waals surface area contributed by atoms with Gasteiger partial charge < -0.3 is 11.6 Å². The van der Waals surface area contributed by atoms with Crippen LogP contribution in [-0.4, -0.2) is 26.5 Å². The minimum absolute atomic E-state index is 0.102. The molecule has 1 aromatic carbocycles. The van der Waals surface area contributed by atoms with E-state index in [1.54, 1.807) is 0 Å². The number of amides is 1. The molecule has 7 heteroatoms. The zero-order valence-corrected chi connectivity index (χ0v) is 13.9. The predicted octanol–water partition coefficient (Wildman–Crippen LogP) is 1.92. The summed E-state index contributed by atoms with van der Waals surface area (Å²) in [6.45, 7) is 6.50. The van der Waals surface area contributed by atoms with E-state index in [9.17, 15) is 4.79 Å². The Balaban J connectivity index is 2.16. The van der Waals surface area contributed by atoms with Crippen LogP contribution in [0.1, 0.15) is 32.8 Å². The van der Waals surface area contributed by atoms with E-state index in [1.807, 2.05) is 12.1 Å². The van der Waals surface area contributed by atoms with Crippen molar-refractivity contribution in [3.63, 3.8) is 0 Å². The standard InChI is InChI=1S/C15H21N5OS/c1-15(2,3)11-6-4-10(5-7-11)13-18-19-14(20(13)17)22-9-8-12(16)21/h4-7H,8-9,17H2,1-3H3,(H2,16,21). The summed E-state index contributed by atoms with van der Waals surface area (Å²) in [5.41, 5.74) is 7.37. The van der Waals surface area contributed by atoms with Crippen LogP contribution >= 0.6 is 11.8 Å². The zero-order chi connectivity index (χ0) is 16.3. The molecule has 1 heterocycles. The maximum absolute atomic E-state index is 10.7. The smallest absolute Gasteiger partial charge is 0.218 e. The van der Waals surface area contributed by atoms with Crippen molar-refractivity contribution < 1.29 is 4.79 Å². The van der Waals surface area contributed by atoms with E-state index in [2.05, 4.69) is 43.1 Å². The summed E-state index contributed by atoms with van der Waals surface area (Å²) >= 11 is 1.36. The molecule has 1 aromatic heterocycles. The fourth-order valence-electron chi connectivity index (χ4n) is 1.93. The van der Waals surface area contributed by atoms with E-state index in [0.717, 1.165) is 5.56 Å². The maximum atomic E-state index is 10.7. The molecule has 2 aromatic rings. The number of rotatable bonds is 5. The Morgan fingerprint density at radius 2 is 1.86 bits per heavy atom. The molecule has 0 saturated carbocycles. The van der Waals surface area contributed by atoms with Crippen LogP contribution in [0.4, 0.5) is 0 Å². The molecule has 0 aliphatic carbocycles. The SMILES string of the molecule is CC(C)(C)c1ccc(-c2nnc(SCCC(N)=O)n2N)cc1. The van der Waals surface area contributed by atoms with Gasteiger partial charge in [-0.3, -0.25) is 4.79 Å². The Kier molecular flexibility index (Phi) is 4.75. The number of thioether (sulfide) groups is 1.